The van der Waals surface area contributed by atoms with Crippen molar-refractivity contribution in [2.75, 3.05) is 44.2 Å². The number of alkyl carbamates (subject to hydrolysis) is 1. The molecular weight excluding hydrogens is 583 g/mol. The lowest BCUT2D eigenvalue weighted by molar-refractivity contribution is -0.135. The highest BCUT2D eigenvalue weighted by Crippen LogP contribution is 2.31. The minimum atomic E-state index is -0.848. The third-order valence-electron chi connectivity index (χ3n) is 9.05. The molecule has 1 saturated carbocycles. The Morgan fingerprint density at radius 3 is 2.40 bits per heavy atom. The van der Waals surface area contributed by atoms with Crippen LogP contribution in [0, 0.1) is 11.7 Å². The lowest BCUT2D eigenvalue weighted by Crippen LogP contribution is -2.48. The van der Waals surface area contributed by atoms with Crippen LogP contribution in [-0.2, 0) is 26.1 Å². The van der Waals surface area contributed by atoms with Crippen LogP contribution >= 0.6 is 0 Å². The standard InChI is InChI=1S/C32H47FN6O6/c1-20(34-30(42)45-32(2,3)4)19-44-22-8-6-21(7-9-22)18-37-14-16-38(17-15-37)23-10-11-24-28(27(23)33)36(5)31(43)39(24)25-12-13-26(40)35-29(25)41/h10-11,20-22,25H,6-9,12-19H2,1-5H3,(H,34,42)(H,35,40,41). The van der Waals surface area contributed by atoms with Crippen LogP contribution < -0.4 is 21.2 Å². The van der Waals surface area contributed by atoms with Gasteiger partial charge in [0.2, 0.25) is 11.8 Å². The Labute approximate surface area is 263 Å². The van der Waals surface area contributed by atoms with Crippen LogP contribution in [0.25, 0.3) is 11.0 Å². The molecule has 13 heteroatoms. The molecule has 1 aromatic heterocycles. The van der Waals surface area contributed by atoms with Gasteiger partial charge in [-0.15, -0.1) is 0 Å². The molecule has 12 nitrogen and oxygen atoms in total. The van der Waals surface area contributed by atoms with Crippen LogP contribution in [-0.4, -0.2) is 89.0 Å². The molecule has 2 unspecified atom stereocenters. The fraction of sp³-hybridized carbons (Fsp3) is 0.688. The number of hydrogen-bond donors (Lipinski definition) is 2. The molecular formula is C32H47FN6O6. The third-order valence-corrected chi connectivity index (χ3v) is 9.05. The molecule has 3 fully saturated rings. The molecule has 0 radical (unpaired) electrons. The largest absolute Gasteiger partial charge is 0.444 e. The van der Waals surface area contributed by atoms with Crippen molar-refractivity contribution in [3.8, 4) is 0 Å². The smallest absolute Gasteiger partial charge is 0.407 e. The number of aryl methyl sites for hydroxylation is 1. The number of rotatable bonds is 8. The van der Waals surface area contributed by atoms with Crippen molar-refractivity contribution in [1.29, 1.82) is 0 Å². The maximum Gasteiger partial charge on any atom is 0.407 e. The van der Waals surface area contributed by atoms with E-state index in [4.69, 9.17) is 9.47 Å². The normalized spacial score (nSPS) is 24.0. The van der Waals surface area contributed by atoms with Crippen LogP contribution in [0.5, 0.6) is 0 Å². The van der Waals surface area contributed by atoms with Crippen LogP contribution in [0.1, 0.15) is 72.3 Å². The first-order valence-electron chi connectivity index (χ1n) is 16.1. The zero-order chi connectivity index (χ0) is 32.5. The van der Waals surface area contributed by atoms with Crippen LogP contribution in [0.15, 0.2) is 16.9 Å². The van der Waals surface area contributed by atoms with Gasteiger partial charge in [-0.3, -0.25) is 28.9 Å². The van der Waals surface area contributed by atoms with Crippen molar-refractivity contribution in [2.24, 2.45) is 13.0 Å². The van der Waals surface area contributed by atoms with E-state index in [0.717, 1.165) is 45.3 Å². The second-order valence-electron chi connectivity index (χ2n) is 13.8. The number of anilines is 1. The van der Waals surface area contributed by atoms with E-state index in [2.05, 4.69) is 15.5 Å². The second-order valence-corrected chi connectivity index (χ2v) is 13.8. The Kier molecular flexibility index (Phi) is 9.88. The zero-order valence-electron chi connectivity index (χ0n) is 27.1. The summed E-state index contributed by atoms with van der Waals surface area (Å²) in [6.07, 6.45) is 4.26. The van der Waals surface area contributed by atoms with E-state index in [1.54, 1.807) is 12.1 Å². The SMILES string of the molecule is CC(COC1CCC(CN2CCN(c3ccc4c(c3F)n(C)c(=O)n4C3CCC(=O)NC3=O)CC2)CC1)NC(=O)OC(C)(C)C. The van der Waals surface area contributed by atoms with Crippen molar-refractivity contribution >= 4 is 34.6 Å². The Bertz CT molecular complexity index is 1470. The zero-order valence-corrected chi connectivity index (χ0v) is 27.1. The maximum absolute atomic E-state index is 16.0. The first-order chi connectivity index (χ1) is 21.3. The molecule has 2 aliphatic heterocycles. The quantitative estimate of drug-likeness (QED) is 0.427. The number of hydrogen-bond acceptors (Lipinski definition) is 8. The monoisotopic (exact) mass is 630 g/mol. The average molecular weight is 631 g/mol. The van der Waals surface area contributed by atoms with E-state index in [1.807, 2.05) is 32.6 Å². The molecule has 0 spiro atoms. The number of benzene rings is 1. The summed E-state index contributed by atoms with van der Waals surface area (Å²) in [5.41, 5.74) is -0.0437. The number of nitrogens with zero attached hydrogens (tertiary/aromatic N) is 4. The Balaban J connectivity index is 1.10. The lowest BCUT2D eigenvalue weighted by Gasteiger charge is -2.39. The molecule has 248 valence electrons. The number of imidazole rings is 1. The highest BCUT2D eigenvalue weighted by atomic mass is 19.1. The predicted molar refractivity (Wildman–Crippen MR) is 168 cm³/mol. The number of carbonyl (C=O) groups excluding carboxylic acids is 3. The van der Waals surface area contributed by atoms with E-state index in [0.29, 0.717) is 36.8 Å². The van der Waals surface area contributed by atoms with E-state index in [1.165, 1.54) is 16.2 Å². The number of halogens is 1. The summed E-state index contributed by atoms with van der Waals surface area (Å²) >= 11 is 0. The van der Waals surface area contributed by atoms with Crippen LogP contribution in [0.3, 0.4) is 0 Å². The number of nitrogens with one attached hydrogen (secondary N) is 2. The number of ether oxygens (including phenoxy) is 2. The van der Waals surface area contributed by atoms with Gasteiger partial charge in [0.05, 0.1) is 30.0 Å². The van der Waals surface area contributed by atoms with Gasteiger partial charge in [0.1, 0.15) is 17.2 Å². The molecule has 45 heavy (non-hydrogen) atoms. The van der Waals surface area contributed by atoms with Crippen LogP contribution in [0.2, 0.25) is 0 Å². The van der Waals surface area contributed by atoms with Gasteiger partial charge < -0.3 is 19.7 Å². The second kappa shape index (κ2) is 13.5. The minimum Gasteiger partial charge on any atom is -0.444 e. The van der Waals surface area contributed by atoms with Crippen molar-refractivity contribution in [3.63, 3.8) is 0 Å². The predicted octanol–water partition coefficient (Wildman–Crippen LogP) is 3.07. The molecule has 2 N–H and O–H groups in total. The van der Waals surface area contributed by atoms with Crippen LogP contribution in [0.4, 0.5) is 14.9 Å². The van der Waals surface area contributed by atoms with Gasteiger partial charge in [0.25, 0.3) is 0 Å². The van der Waals surface area contributed by atoms with Gasteiger partial charge in [0.15, 0.2) is 5.82 Å². The Morgan fingerprint density at radius 2 is 1.76 bits per heavy atom. The highest BCUT2D eigenvalue weighted by Gasteiger charge is 2.33. The van der Waals surface area contributed by atoms with Crippen molar-refractivity contribution in [1.82, 2.24) is 24.7 Å². The van der Waals surface area contributed by atoms with E-state index in [9.17, 15) is 19.2 Å². The van der Waals surface area contributed by atoms with Crippen molar-refractivity contribution in [3.05, 3.63) is 28.4 Å². The molecule has 0 bridgehead atoms. The van der Waals surface area contributed by atoms with Gasteiger partial charge in [-0.05, 0) is 77.8 Å². The van der Waals surface area contributed by atoms with Crippen molar-refractivity contribution in [2.45, 2.75) is 90.0 Å². The number of piperidine rings is 1. The Morgan fingerprint density at radius 1 is 1.07 bits per heavy atom. The highest BCUT2D eigenvalue weighted by molar-refractivity contribution is 6.00. The number of carbonyl (C=O) groups is 3. The fourth-order valence-corrected chi connectivity index (χ4v) is 6.74. The third kappa shape index (κ3) is 7.69. The maximum atomic E-state index is 16.0. The molecule has 3 amide bonds. The summed E-state index contributed by atoms with van der Waals surface area (Å²) in [5, 5.41) is 5.11. The van der Waals surface area contributed by atoms with Gasteiger partial charge in [-0.2, -0.15) is 0 Å². The summed E-state index contributed by atoms with van der Waals surface area (Å²) < 4.78 is 29.9. The van der Waals surface area contributed by atoms with Gasteiger partial charge >= 0.3 is 11.8 Å². The summed E-state index contributed by atoms with van der Waals surface area (Å²) in [6.45, 7) is 11.9. The number of amides is 3. The average Bonchev–Trinajstić information content (AvgIpc) is 3.22. The minimum absolute atomic E-state index is 0.130. The fourth-order valence-electron chi connectivity index (χ4n) is 6.74. The first-order valence-corrected chi connectivity index (χ1v) is 16.1. The summed E-state index contributed by atoms with van der Waals surface area (Å²) in [6, 6.07) is 2.43. The number of aromatic nitrogens is 2. The van der Waals surface area contributed by atoms with Gasteiger partial charge in [-0.25, -0.2) is 14.0 Å². The van der Waals surface area contributed by atoms with E-state index >= 15 is 4.39 Å². The molecule has 2 saturated heterocycles. The molecule has 1 aliphatic carbocycles. The molecule has 5 rings (SSSR count). The molecule has 1 aromatic carbocycles. The molecule has 3 heterocycles. The summed E-state index contributed by atoms with van der Waals surface area (Å²) in [5.74, 6) is -0.788. The topological polar surface area (TPSA) is 127 Å². The van der Waals surface area contributed by atoms with Gasteiger partial charge in [-0.1, -0.05) is 0 Å². The molecule has 2 atom stereocenters. The van der Waals surface area contributed by atoms with E-state index in [-0.39, 0.29) is 36.4 Å². The van der Waals surface area contributed by atoms with Gasteiger partial charge in [0, 0.05) is 46.2 Å². The summed E-state index contributed by atoms with van der Waals surface area (Å²) in [7, 11) is 1.51. The molecule has 3 aliphatic rings. The number of imide groups is 1. The summed E-state index contributed by atoms with van der Waals surface area (Å²) in [4.78, 5) is 53.6. The molecule has 2 aromatic rings. The lowest BCUT2D eigenvalue weighted by atomic mass is 9.87. The van der Waals surface area contributed by atoms with Crippen molar-refractivity contribution < 1.29 is 28.2 Å². The first kappa shape index (κ1) is 32.9. The van der Waals surface area contributed by atoms with E-state index < -0.39 is 35.2 Å². The Hall–Kier alpha value is -3.45. The number of fused-ring (bicyclic) bond motifs is 1. The number of piperazine rings is 1.